The smallest absolute Gasteiger partial charge is 0.0867 e. The zero-order chi connectivity index (χ0) is 13.9. The summed E-state index contributed by atoms with van der Waals surface area (Å²) in [6.45, 7) is 2.18. The number of benzene rings is 1. The summed E-state index contributed by atoms with van der Waals surface area (Å²) in [6.07, 6.45) is 4.04. The number of aryl methyl sites for hydroxylation is 1. The van der Waals surface area contributed by atoms with E-state index in [1.807, 2.05) is 7.05 Å². The van der Waals surface area contributed by atoms with Crippen LogP contribution >= 0.6 is 12.1 Å². The fourth-order valence-corrected chi connectivity index (χ4v) is 3.26. The third kappa shape index (κ3) is 2.60. The monoisotopic (exact) mass is 291 g/mol. The number of hydrogen-bond acceptors (Lipinski definition) is 3. The van der Waals surface area contributed by atoms with Crippen molar-refractivity contribution in [2.45, 2.75) is 23.7 Å². The van der Waals surface area contributed by atoms with Crippen molar-refractivity contribution < 1.29 is 3.89 Å². The van der Waals surface area contributed by atoms with Crippen LogP contribution < -0.4 is 5.32 Å². The number of nitrogens with one attached hydrogen (secondary N) is 1. The second-order valence-corrected chi connectivity index (χ2v) is 5.82. The lowest BCUT2D eigenvalue weighted by Crippen LogP contribution is -2.28. The molecule has 0 bridgehead atoms. The van der Waals surface area contributed by atoms with Gasteiger partial charge in [0.15, 0.2) is 0 Å². The Hall–Kier alpha value is -1.33. The SMILES string of the molecule is Cn1ncc(SF)c1-c1ccc(C2CCCNC2)cc1. The van der Waals surface area contributed by atoms with Crippen molar-refractivity contribution >= 4 is 12.1 Å². The van der Waals surface area contributed by atoms with Crippen molar-refractivity contribution in [3.8, 4) is 11.3 Å². The Morgan fingerprint density at radius 3 is 2.80 bits per heavy atom. The van der Waals surface area contributed by atoms with Crippen molar-refractivity contribution in [2.24, 2.45) is 7.05 Å². The molecule has 1 saturated heterocycles. The number of hydrogen-bond donors (Lipinski definition) is 1. The molecule has 0 saturated carbocycles. The molecule has 0 spiro atoms. The van der Waals surface area contributed by atoms with Crippen LogP contribution in [0.4, 0.5) is 3.89 Å². The van der Waals surface area contributed by atoms with Gasteiger partial charge in [-0.25, -0.2) is 0 Å². The molecule has 5 heteroatoms. The first kappa shape index (κ1) is 13.6. The number of piperidine rings is 1. The molecule has 0 radical (unpaired) electrons. The molecule has 1 fully saturated rings. The number of nitrogens with zero attached hydrogens (tertiary/aromatic N) is 2. The summed E-state index contributed by atoms with van der Waals surface area (Å²) in [4.78, 5) is 0.569. The summed E-state index contributed by atoms with van der Waals surface area (Å²) in [5.41, 5.74) is 3.21. The highest BCUT2D eigenvalue weighted by molar-refractivity contribution is 7.94. The maximum absolute atomic E-state index is 12.9. The first-order valence-corrected chi connectivity index (χ1v) is 7.63. The highest BCUT2D eigenvalue weighted by Gasteiger charge is 2.16. The van der Waals surface area contributed by atoms with E-state index in [-0.39, 0.29) is 12.1 Å². The fourth-order valence-electron chi connectivity index (χ4n) is 2.85. The zero-order valence-corrected chi connectivity index (χ0v) is 12.3. The molecule has 2 heterocycles. The van der Waals surface area contributed by atoms with Crippen LogP contribution in [0.2, 0.25) is 0 Å². The van der Waals surface area contributed by atoms with E-state index in [1.165, 1.54) is 18.4 Å². The quantitative estimate of drug-likeness (QED) is 0.938. The van der Waals surface area contributed by atoms with Crippen molar-refractivity contribution in [3.63, 3.8) is 0 Å². The van der Waals surface area contributed by atoms with E-state index >= 15 is 0 Å². The minimum atomic E-state index is 0.250. The van der Waals surface area contributed by atoms with E-state index in [0.717, 1.165) is 24.3 Å². The number of rotatable bonds is 3. The Kier molecular flexibility index (Phi) is 4.08. The van der Waals surface area contributed by atoms with Crippen molar-refractivity contribution in [3.05, 3.63) is 36.0 Å². The van der Waals surface area contributed by atoms with Gasteiger partial charge in [-0.3, -0.25) is 4.68 Å². The third-order valence-electron chi connectivity index (χ3n) is 3.94. The molecule has 0 amide bonds. The normalized spacial score (nSPS) is 19.2. The molecule has 3 nitrogen and oxygen atoms in total. The van der Waals surface area contributed by atoms with Gasteiger partial charge in [0, 0.05) is 19.2 Å². The lowest BCUT2D eigenvalue weighted by molar-refractivity contribution is 0.461. The molecule has 1 N–H and O–H groups in total. The van der Waals surface area contributed by atoms with Crippen LogP contribution in [0.5, 0.6) is 0 Å². The number of halogens is 1. The third-order valence-corrected chi connectivity index (χ3v) is 4.41. The van der Waals surface area contributed by atoms with Gasteiger partial charge in [0.2, 0.25) is 0 Å². The highest BCUT2D eigenvalue weighted by Crippen LogP contribution is 2.32. The molecule has 0 aliphatic carbocycles. The first-order valence-electron chi connectivity index (χ1n) is 6.91. The molecule has 1 aromatic heterocycles. The van der Waals surface area contributed by atoms with Gasteiger partial charge in [-0.15, -0.1) is 0 Å². The summed E-state index contributed by atoms with van der Waals surface area (Å²) in [5, 5.41) is 7.56. The topological polar surface area (TPSA) is 29.9 Å². The largest absolute Gasteiger partial charge is 0.316 e. The molecule has 1 unspecified atom stereocenters. The Morgan fingerprint density at radius 1 is 1.35 bits per heavy atom. The molecule has 1 atom stereocenters. The second-order valence-electron chi connectivity index (χ2n) is 5.22. The van der Waals surface area contributed by atoms with Crippen molar-refractivity contribution in [2.75, 3.05) is 13.1 Å². The predicted octanol–water partition coefficient (Wildman–Crippen LogP) is 3.53. The van der Waals surface area contributed by atoms with E-state index in [1.54, 1.807) is 10.9 Å². The van der Waals surface area contributed by atoms with Gasteiger partial charge < -0.3 is 5.32 Å². The molecule has 3 rings (SSSR count). The van der Waals surface area contributed by atoms with Crippen molar-refractivity contribution in [1.29, 1.82) is 0 Å². The average Bonchev–Trinajstić information content (AvgIpc) is 2.89. The average molecular weight is 291 g/mol. The van der Waals surface area contributed by atoms with Gasteiger partial charge in [-0.2, -0.15) is 8.98 Å². The Bertz CT molecular complexity index is 573. The predicted molar refractivity (Wildman–Crippen MR) is 80.5 cm³/mol. The zero-order valence-electron chi connectivity index (χ0n) is 11.5. The van der Waals surface area contributed by atoms with Gasteiger partial charge in [0.25, 0.3) is 0 Å². The van der Waals surface area contributed by atoms with E-state index in [4.69, 9.17) is 0 Å². The van der Waals surface area contributed by atoms with Crippen LogP contribution in [0.15, 0.2) is 35.4 Å². The van der Waals surface area contributed by atoms with E-state index < -0.39 is 0 Å². The minimum absolute atomic E-state index is 0.250. The van der Waals surface area contributed by atoms with E-state index in [9.17, 15) is 3.89 Å². The van der Waals surface area contributed by atoms with E-state index in [2.05, 4.69) is 34.7 Å². The molecule has 2 aromatic rings. The maximum atomic E-state index is 12.9. The van der Waals surface area contributed by atoms with Gasteiger partial charge in [0.05, 0.1) is 28.9 Å². The summed E-state index contributed by atoms with van der Waals surface area (Å²) >= 11 is 0.250. The van der Waals surface area contributed by atoms with Gasteiger partial charge >= 0.3 is 0 Å². The lowest BCUT2D eigenvalue weighted by atomic mass is 9.91. The summed E-state index contributed by atoms with van der Waals surface area (Å²) in [6, 6.07) is 8.46. The van der Waals surface area contributed by atoms with Crippen LogP contribution in [0.1, 0.15) is 24.3 Å². The second kappa shape index (κ2) is 5.97. The first-order chi connectivity index (χ1) is 9.79. The van der Waals surface area contributed by atoms with Crippen LogP contribution in [0.3, 0.4) is 0 Å². The molecule has 1 aromatic carbocycles. The van der Waals surface area contributed by atoms with Gasteiger partial charge in [-0.05, 0) is 30.9 Å². The summed E-state index contributed by atoms with van der Waals surface area (Å²) in [7, 11) is 1.84. The Morgan fingerprint density at radius 2 is 2.15 bits per heavy atom. The van der Waals surface area contributed by atoms with Crippen LogP contribution in [-0.4, -0.2) is 22.9 Å². The van der Waals surface area contributed by atoms with Gasteiger partial charge in [0.1, 0.15) is 0 Å². The Labute approximate surface area is 122 Å². The maximum Gasteiger partial charge on any atom is 0.0867 e. The molecule has 1 aliphatic heterocycles. The molecule has 20 heavy (non-hydrogen) atoms. The summed E-state index contributed by atoms with van der Waals surface area (Å²) < 4.78 is 14.6. The molecular weight excluding hydrogens is 273 g/mol. The van der Waals surface area contributed by atoms with Crippen molar-refractivity contribution in [1.82, 2.24) is 15.1 Å². The molecule has 106 valence electrons. The van der Waals surface area contributed by atoms with Crippen LogP contribution in [0, 0.1) is 0 Å². The summed E-state index contributed by atoms with van der Waals surface area (Å²) in [5.74, 6) is 0.597. The minimum Gasteiger partial charge on any atom is -0.316 e. The number of aromatic nitrogens is 2. The molecule has 1 aliphatic rings. The van der Waals surface area contributed by atoms with E-state index in [0.29, 0.717) is 10.8 Å². The Balaban J connectivity index is 1.87. The fraction of sp³-hybridized carbons (Fsp3) is 0.400. The molecular formula is C15H18FN3S. The van der Waals surface area contributed by atoms with Crippen LogP contribution in [-0.2, 0) is 7.05 Å². The van der Waals surface area contributed by atoms with Crippen LogP contribution in [0.25, 0.3) is 11.3 Å². The van der Waals surface area contributed by atoms with Gasteiger partial charge in [-0.1, -0.05) is 24.3 Å². The lowest BCUT2D eigenvalue weighted by Gasteiger charge is -2.23. The highest BCUT2D eigenvalue weighted by atomic mass is 32.2. The standard InChI is InChI=1S/C15H18FN3S/c1-19-15(14(20-16)10-18-19)12-6-4-11(5-7-12)13-3-2-8-17-9-13/h4-7,10,13,17H,2-3,8-9H2,1H3.